The number of carbonyl (C=O) groups is 1. The molecule has 1 fully saturated rings. The first-order valence-electron chi connectivity index (χ1n) is 10.4. The molecule has 0 spiro atoms. The van der Waals surface area contributed by atoms with E-state index in [-0.39, 0.29) is 11.5 Å². The Kier molecular flexibility index (Phi) is 5.65. The molecule has 0 saturated carbocycles. The van der Waals surface area contributed by atoms with E-state index in [1.165, 1.54) is 16.3 Å². The van der Waals surface area contributed by atoms with Crippen LogP contribution in [-0.4, -0.2) is 33.7 Å². The molecule has 0 radical (unpaired) electrons. The Morgan fingerprint density at radius 3 is 2.70 bits per heavy atom. The Bertz CT molecular complexity index is 1070. The number of hydrogen-bond donors (Lipinski definition) is 1. The molecule has 1 aliphatic rings. The summed E-state index contributed by atoms with van der Waals surface area (Å²) in [6, 6.07) is 14.7. The summed E-state index contributed by atoms with van der Waals surface area (Å²) in [5.41, 5.74) is 2.06. The molecule has 30 heavy (non-hydrogen) atoms. The smallest absolute Gasteiger partial charge is 0.407 e. The van der Waals surface area contributed by atoms with Gasteiger partial charge >= 0.3 is 6.09 Å². The summed E-state index contributed by atoms with van der Waals surface area (Å²) in [7, 11) is 0. The molecule has 2 heterocycles. The van der Waals surface area contributed by atoms with Gasteiger partial charge in [-0.15, -0.1) is 11.3 Å². The van der Waals surface area contributed by atoms with Crippen LogP contribution in [0.25, 0.3) is 22.9 Å². The topological polar surface area (TPSA) is 53.4 Å². The highest BCUT2D eigenvalue weighted by Gasteiger charge is 2.39. The Balaban J connectivity index is 1.53. The van der Waals surface area contributed by atoms with Gasteiger partial charge in [-0.1, -0.05) is 69.3 Å². The maximum absolute atomic E-state index is 11.7. The van der Waals surface area contributed by atoms with Gasteiger partial charge in [-0.2, -0.15) is 0 Å². The Hall–Kier alpha value is -2.66. The van der Waals surface area contributed by atoms with Crippen LogP contribution in [-0.2, 0) is 0 Å². The van der Waals surface area contributed by atoms with E-state index in [2.05, 4.69) is 80.8 Å². The number of carboxylic acid groups (broad SMARTS) is 1. The van der Waals surface area contributed by atoms with E-state index in [1.807, 2.05) is 0 Å². The molecule has 1 amide bonds. The van der Waals surface area contributed by atoms with E-state index in [0.29, 0.717) is 12.5 Å². The van der Waals surface area contributed by atoms with E-state index in [1.54, 1.807) is 16.2 Å². The molecule has 156 valence electrons. The van der Waals surface area contributed by atoms with Gasteiger partial charge in [-0.05, 0) is 40.7 Å². The lowest BCUT2D eigenvalue weighted by atomic mass is 9.77. The zero-order chi connectivity index (χ0) is 21.3. The van der Waals surface area contributed by atoms with Crippen LogP contribution in [0, 0.1) is 5.41 Å². The summed E-state index contributed by atoms with van der Waals surface area (Å²) in [5, 5.41) is 15.3. The average Bonchev–Trinajstić information content (AvgIpc) is 3.20. The van der Waals surface area contributed by atoms with Crippen LogP contribution in [0.1, 0.15) is 55.8 Å². The third-order valence-electron chi connectivity index (χ3n) is 5.99. The molecular formula is C25H28N2O2S. The average molecular weight is 421 g/mol. The molecule has 0 aliphatic carbocycles. The number of thiazole rings is 1. The van der Waals surface area contributed by atoms with Crippen LogP contribution >= 0.6 is 11.3 Å². The molecule has 1 aromatic heterocycles. The zero-order valence-corrected chi connectivity index (χ0v) is 18.5. The van der Waals surface area contributed by atoms with Crippen molar-refractivity contribution in [1.29, 1.82) is 0 Å². The highest BCUT2D eigenvalue weighted by Crippen LogP contribution is 2.40. The van der Waals surface area contributed by atoms with Crippen molar-refractivity contribution in [1.82, 2.24) is 9.88 Å². The van der Waals surface area contributed by atoms with Gasteiger partial charge < -0.3 is 10.0 Å². The Morgan fingerprint density at radius 1 is 1.17 bits per heavy atom. The number of rotatable bonds is 3. The fraction of sp³-hybridized carbons (Fsp3) is 0.360. The zero-order valence-electron chi connectivity index (χ0n) is 17.7. The van der Waals surface area contributed by atoms with E-state index >= 15 is 0 Å². The minimum absolute atomic E-state index is 0.00678. The minimum atomic E-state index is -0.814. The molecule has 1 N–H and O–H groups in total. The maximum atomic E-state index is 11.7. The quantitative estimate of drug-likeness (QED) is 0.510. The lowest BCUT2D eigenvalue weighted by Crippen LogP contribution is -2.51. The van der Waals surface area contributed by atoms with Gasteiger partial charge in [-0.3, -0.25) is 0 Å². The first-order chi connectivity index (χ1) is 14.3. The lowest BCUT2D eigenvalue weighted by molar-refractivity contribution is 0.0525. The first kappa shape index (κ1) is 20.6. The highest BCUT2D eigenvalue weighted by molar-refractivity contribution is 7.09. The predicted molar refractivity (Wildman–Crippen MR) is 125 cm³/mol. The standard InChI is InChI=1S/C25H28N2O2S/c1-25(2,3)22-15-19(13-14-27(22)24(28)29)23-26-20(16-30-23)12-11-18-9-6-8-17-7-4-5-10-21(17)18/h4-12,16,19,22H,13-15H2,1-3H3,(H,28,29)/b12-11+. The Labute approximate surface area is 181 Å². The van der Waals surface area contributed by atoms with Gasteiger partial charge in [0.05, 0.1) is 10.7 Å². The number of fused-ring (bicyclic) bond motifs is 1. The van der Waals surface area contributed by atoms with Gasteiger partial charge in [0.2, 0.25) is 0 Å². The second kappa shape index (κ2) is 8.23. The van der Waals surface area contributed by atoms with E-state index in [0.717, 1.165) is 23.5 Å². The van der Waals surface area contributed by atoms with Crippen LogP contribution < -0.4 is 0 Å². The maximum Gasteiger partial charge on any atom is 0.407 e. The molecule has 1 aliphatic heterocycles. The highest BCUT2D eigenvalue weighted by atomic mass is 32.1. The van der Waals surface area contributed by atoms with Crippen molar-refractivity contribution in [3.05, 3.63) is 64.1 Å². The predicted octanol–water partition coefficient (Wildman–Crippen LogP) is 6.74. The van der Waals surface area contributed by atoms with Crippen LogP contribution in [0.4, 0.5) is 4.79 Å². The van der Waals surface area contributed by atoms with Crippen molar-refractivity contribution in [3.63, 3.8) is 0 Å². The Morgan fingerprint density at radius 2 is 1.93 bits per heavy atom. The fourth-order valence-electron chi connectivity index (χ4n) is 4.38. The number of nitrogens with zero attached hydrogens (tertiary/aromatic N) is 2. The summed E-state index contributed by atoms with van der Waals surface area (Å²) in [6.45, 7) is 6.94. The van der Waals surface area contributed by atoms with E-state index in [4.69, 9.17) is 4.98 Å². The van der Waals surface area contributed by atoms with Crippen molar-refractivity contribution < 1.29 is 9.90 Å². The normalized spacial score (nSPS) is 20.2. The van der Waals surface area contributed by atoms with Crippen LogP contribution in [0.2, 0.25) is 0 Å². The molecule has 4 nitrogen and oxygen atoms in total. The number of hydrogen-bond acceptors (Lipinski definition) is 3. The molecule has 3 aromatic rings. The van der Waals surface area contributed by atoms with Crippen molar-refractivity contribution in [2.45, 2.75) is 45.6 Å². The van der Waals surface area contributed by atoms with Crippen LogP contribution in [0.15, 0.2) is 47.8 Å². The van der Waals surface area contributed by atoms with Crippen molar-refractivity contribution in [2.24, 2.45) is 5.41 Å². The van der Waals surface area contributed by atoms with Gasteiger partial charge in [0, 0.05) is 23.9 Å². The van der Waals surface area contributed by atoms with Gasteiger partial charge in [-0.25, -0.2) is 9.78 Å². The number of piperidine rings is 1. The molecule has 2 aromatic carbocycles. The summed E-state index contributed by atoms with van der Waals surface area (Å²) < 4.78 is 0. The minimum Gasteiger partial charge on any atom is -0.465 e. The largest absolute Gasteiger partial charge is 0.465 e. The molecule has 5 heteroatoms. The van der Waals surface area contributed by atoms with Crippen molar-refractivity contribution >= 4 is 40.4 Å². The summed E-state index contributed by atoms with van der Waals surface area (Å²) in [6.07, 6.45) is 5.06. The third kappa shape index (κ3) is 4.26. The summed E-state index contributed by atoms with van der Waals surface area (Å²) in [5.74, 6) is 0.314. The molecule has 2 unspecified atom stereocenters. The fourth-order valence-corrected chi connectivity index (χ4v) is 5.31. The second-order valence-corrected chi connectivity index (χ2v) is 9.98. The van der Waals surface area contributed by atoms with Crippen LogP contribution in [0.3, 0.4) is 0 Å². The van der Waals surface area contributed by atoms with Gasteiger partial charge in [0.1, 0.15) is 0 Å². The van der Waals surface area contributed by atoms with E-state index < -0.39 is 6.09 Å². The lowest BCUT2D eigenvalue weighted by Gasteiger charge is -2.44. The first-order valence-corrected chi connectivity index (χ1v) is 11.3. The van der Waals surface area contributed by atoms with Crippen LogP contribution in [0.5, 0.6) is 0 Å². The van der Waals surface area contributed by atoms with Crippen molar-refractivity contribution in [2.75, 3.05) is 6.54 Å². The second-order valence-electron chi connectivity index (χ2n) is 9.09. The number of amides is 1. The molecule has 0 bridgehead atoms. The number of aromatic nitrogens is 1. The number of benzene rings is 2. The molecule has 1 saturated heterocycles. The SMILES string of the molecule is CC(C)(C)C1CC(c2nc(/C=C/c3cccc4ccccc34)cs2)CCN1C(=O)O. The molecule has 4 rings (SSSR count). The summed E-state index contributed by atoms with van der Waals surface area (Å²) >= 11 is 1.69. The molecular weight excluding hydrogens is 392 g/mol. The monoisotopic (exact) mass is 420 g/mol. The van der Waals surface area contributed by atoms with Gasteiger partial charge in [0.15, 0.2) is 0 Å². The number of likely N-dealkylation sites (tertiary alicyclic amines) is 1. The van der Waals surface area contributed by atoms with Gasteiger partial charge in [0.25, 0.3) is 0 Å². The van der Waals surface area contributed by atoms with Crippen molar-refractivity contribution in [3.8, 4) is 0 Å². The third-order valence-corrected chi connectivity index (χ3v) is 7.02. The summed E-state index contributed by atoms with van der Waals surface area (Å²) in [4.78, 5) is 18.2. The van der Waals surface area contributed by atoms with E-state index in [9.17, 15) is 9.90 Å². The molecule has 2 atom stereocenters.